The molecule has 0 radical (unpaired) electrons. The summed E-state index contributed by atoms with van der Waals surface area (Å²) in [6, 6.07) is 16.1. The molecule has 0 fully saturated rings. The molecule has 5 heteroatoms. The summed E-state index contributed by atoms with van der Waals surface area (Å²) in [5.74, 6) is 0.890. The van der Waals surface area contributed by atoms with Crippen LogP contribution in [0.1, 0.15) is 18.7 Å². The number of imidazole rings is 1. The third-order valence-corrected chi connectivity index (χ3v) is 5.17. The molecule has 4 rings (SSSR count). The van der Waals surface area contributed by atoms with Gasteiger partial charge in [0.1, 0.15) is 5.75 Å². The quantitative estimate of drug-likeness (QED) is 0.493. The zero-order valence-corrected chi connectivity index (χ0v) is 15.9. The van der Waals surface area contributed by atoms with Crippen molar-refractivity contribution in [3.05, 3.63) is 59.6 Å². The van der Waals surface area contributed by atoms with Crippen molar-refractivity contribution in [2.24, 2.45) is 0 Å². The molecule has 2 aromatic heterocycles. The number of ether oxygens (including phenoxy) is 1. The van der Waals surface area contributed by atoms with Crippen LogP contribution in [0.4, 0.5) is 5.69 Å². The van der Waals surface area contributed by atoms with Crippen molar-refractivity contribution >= 4 is 22.0 Å². The van der Waals surface area contributed by atoms with Gasteiger partial charge in [0.25, 0.3) is 0 Å². The number of rotatable bonds is 4. The number of nitrogen functional groups attached to an aromatic ring is 1. The molecule has 0 aliphatic rings. The summed E-state index contributed by atoms with van der Waals surface area (Å²) >= 11 is 1.70. The van der Waals surface area contributed by atoms with E-state index < -0.39 is 0 Å². The van der Waals surface area contributed by atoms with E-state index in [0.717, 1.165) is 33.2 Å². The largest absolute Gasteiger partial charge is 0.491 e. The van der Waals surface area contributed by atoms with E-state index in [4.69, 9.17) is 15.5 Å². The molecule has 0 unspecified atom stereocenters. The van der Waals surface area contributed by atoms with Crippen LogP contribution in [0.3, 0.4) is 0 Å². The van der Waals surface area contributed by atoms with Crippen LogP contribution in [0.5, 0.6) is 5.75 Å². The summed E-state index contributed by atoms with van der Waals surface area (Å²) < 4.78 is 7.92. The van der Waals surface area contributed by atoms with Crippen LogP contribution in [0.2, 0.25) is 0 Å². The maximum Gasteiger partial charge on any atom is 0.194 e. The van der Waals surface area contributed by atoms with Gasteiger partial charge in [0, 0.05) is 22.3 Å². The van der Waals surface area contributed by atoms with Crippen molar-refractivity contribution in [3.63, 3.8) is 0 Å². The lowest BCUT2D eigenvalue weighted by atomic mass is 10.1. The topological polar surface area (TPSA) is 52.5 Å². The minimum atomic E-state index is 0.173. The number of benzene rings is 2. The molecule has 0 amide bonds. The molecule has 4 aromatic rings. The predicted molar refractivity (Wildman–Crippen MR) is 109 cm³/mol. The SMILES string of the molecule is Cc1sc2nc(-c3ccc(N)cc3)cn2c1-c1ccc(OC(C)C)cc1. The average Bonchev–Trinajstić information content (AvgIpc) is 3.12. The van der Waals surface area contributed by atoms with Gasteiger partial charge in [-0.15, -0.1) is 11.3 Å². The standard InChI is InChI=1S/C21H21N3OS/c1-13(2)25-18-10-6-16(7-11-18)20-14(3)26-21-23-19(12-24(20)21)15-4-8-17(22)9-5-15/h4-13H,22H2,1-3H3. The maximum absolute atomic E-state index is 5.79. The van der Waals surface area contributed by atoms with Crippen molar-refractivity contribution in [2.45, 2.75) is 26.9 Å². The molecule has 0 atom stereocenters. The summed E-state index contributed by atoms with van der Waals surface area (Å²) in [6.07, 6.45) is 2.27. The molecule has 26 heavy (non-hydrogen) atoms. The Labute approximate surface area is 156 Å². The molecule has 0 saturated carbocycles. The Balaban J connectivity index is 1.75. The van der Waals surface area contributed by atoms with Gasteiger partial charge in [-0.1, -0.05) is 12.1 Å². The molecule has 0 spiro atoms. The summed E-state index contributed by atoms with van der Waals surface area (Å²) in [5.41, 5.74) is 10.9. The van der Waals surface area contributed by atoms with Crippen molar-refractivity contribution in [1.29, 1.82) is 0 Å². The number of fused-ring (bicyclic) bond motifs is 1. The van der Waals surface area contributed by atoms with Crippen LogP contribution < -0.4 is 10.5 Å². The van der Waals surface area contributed by atoms with E-state index in [9.17, 15) is 0 Å². The number of nitrogens with two attached hydrogens (primary N) is 1. The zero-order chi connectivity index (χ0) is 18.3. The molecular formula is C21H21N3OS. The summed E-state index contributed by atoms with van der Waals surface area (Å²) in [4.78, 5) is 7.03. The van der Waals surface area contributed by atoms with Crippen molar-refractivity contribution < 1.29 is 4.74 Å². The fourth-order valence-electron chi connectivity index (χ4n) is 3.05. The van der Waals surface area contributed by atoms with Crippen LogP contribution in [-0.2, 0) is 0 Å². The van der Waals surface area contributed by atoms with Gasteiger partial charge in [0.15, 0.2) is 4.96 Å². The maximum atomic E-state index is 5.79. The Kier molecular flexibility index (Phi) is 4.17. The first-order valence-corrected chi connectivity index (χ1v) is 9.44. The Morgan fingerprint density at radius 2 is 1.65 bits per heavy atom. The van der Waals surface area contributed by atoms with E-state index >= 15 is 0 Å². The predicted octanol–water partition coefficient (Wildman–Crippen LogP) is 5.41. The van der Waals surface area contributed by atoms with E-state index in [0.29, 0.717) is 0 Å². The second kappa shape index (κ2) is 6.50. The van der Waals surface area contributed by atoms with Crippen LogP contribution in [-0.4, -0.2) is 15.5 Å². The summed E-state index contributed by atoms with van der Waals surface area (Å²) in [5, 5.41) is 0. The average molecular weight is 363 g/mol. The molecule has 0 aliphatic heterocycles. The fourth-order valence-corrected chi connectivity index (χ4v) is 4.02. The molecule has 4 nitrogen and oxygen atoms in total. The molecule has 132 valence electrons. The van der Waals surface area contributed by atoms with E-state index in [1.807, 2.05) is 50.2 Å². The molecule has 2 aromatic carbocycles. The number of aromatic nitrogens is 2. The number of hydrogen-bond acceptors (Lipinski definition) is 4. The second-order valence-corrected chi connectivity index (χ2v) is 7.78. The Hall–Kier alpha value is -2.79. The highest BCUT2D eigenvalue weighted by molar-refractivity contribution is 7.17. The third kappa shape index (κ3) is 3.06. The number of thiazole rings is 1. The first kappa shape index (κ1) is 16.7. The van der Waals surface area contributed by atoms with E-state index in [1.54, 1.807) is 11.3 Å². The first-order valence-electron chi connectivity index (χ1n) is 8.63. The third-order valence-electron chi connectivity index (χ3n) is 4.20. The van der Waals surface area contributed by atoms with Crippen LogP contribution in [0, 0.1) is 6.92 Å². The van der Waals surface area contributed by atoms with E-state index in [2.05, 4.69) is 29.7 Å². The van der Waals surface area contributed by atoms with Gasteiger partial charge in [0.2, 0.25) is 0 Å². The normalized spacial score (nSPS) is 11.4. The fraction of sp³-hybridized carbons (Fsp3) is 0.190. The lowest BCUT2D eigenvalue weighted by Gasteiger charge is -2.10. The highest BCUT2D eigenvalue weighted by atomic mass is 32.1. The summed E-state index contributed by atoms with van der Waals surface area (Å²) in [7, 11) is 0. The first-order chi connectivity index (χ1) is 12.5. The van der Waals surface area contributed by atoms with Crippen molar-refractivity contribution in [1.82, 2.24) is 9.38 Å². The van der Waals surface area contributed by atoms with Gasteiger partial charge in [0.05, 0.1) is 17.5 Å². The van der Waals surface area contributed by atoms with Crippen molar-refractivity contribution in [3.8, 4) is 28.3 Å². The van der Waals surface area contributed by atoms with Gasteiger partial charge < -0.3 is 10.5 Å². The molecule has 0 bridgehead atoms. The van der Waals surface area contributed by atoms with Gasteiger partial charge in [-0.2, -0.15) is 0 Å². The van der Waals surface area contributed by atoms with Gasteiger partial charge in [-0.25, -0.2) is 4.98 Å². The Bertz CT molecular complexity index is 1040. The highest BCUT2D eigenvalue weighted by Crippen LogP contribution is 2.34. The Morgan fingerprint density at radius 1 is 1.00 bits per heavy atom. The monoisotopic (exact) mass is 363 g/mol. The second-order valence-electron chi connectivity index (χ2n) is 6.60. The number of aryl methyl sites for hydroxylation is 1. The van der Waals surface area contributed by atoms with Gasteiger partial charge in [-0.05, 0) is 62.7 Å². The minimum absolute atomic E-state index is 0.173. The molecular weight excluding hydrogens is 342 g/mol. The molecule has 0 saturated heterocycles. The van der Waals surface area contributed by atoms with E-state index in [-0.39, 0.29) is 6.10 Å². The van der Waals surface area contributed by atoms with Crippen LogP contribution >= 0.6 is 11.3 Å². The van der Waals surface area contributed by atoms with Crippen LogP contribution in [0.15, 0.2) is 54.7 Å². The lowest BCUT2D eigenvalue weighted by Crippen LogP contribution is -2.05. The zero-order valence-electron chi connectivity index (χ0n) is 15.1. The van der Waals surface area contributed by atoms with E-state index in [1.165, 1.54) is 10.6 Å². The molecule has 2 heterocycles. The lowest BCUT2D eigenvalue weighted by molar-refractivity contribution is 0.242. The minimum Gasteiger partial charge on any atom is -0.491 e. The smallest absolute Gasteiger partial charge is 0.194 e. The number of nitrogens with zero attached hydrogens (tertiary/aromatic N) is 2. The van der Waals surface area contributed by atoms with Crippen LogP contribution in [0.25, 0.3) is 27.5 Å². The highest BCUT2D eigenvalue weighted by Gasteiger charge is 2.15. The van der Waals surface area contributed by atoms with Crippen molar-refractivity contribution in [2.75, 3.05) is 5.73 Å². The number of anilines is 1. The summed E-state index contributed by atoms with van der Waals surface area (Å²) in [6.45, 7) is 6.20. The molecule has 0 aliphatic carbocycles. The number of hydrogen-bond donors (Lipinski definition) is 1. The van der Waals surface area contributed by atoms with Gasteiger partial charge in [-0.3, -0.25) is 4.40 Å². The van der Waals surface area contributed by atoms with Gasteiger partial charge >= 0.3 is 0 Å². The molecule has 2 N–H and O–H groups in total. The Morgan fingerprint density at radius 3 is 2.31 bits per heavy atom.